The van der Waals surface area contributed by atoms with Crippen molar-refractivity contribution in [3.63, 3.8) is 0 Å². The average Bonchev–Trinajstić information content (AvgIpc) is 3.96. The van der Waals surface area contributed by atoms with E-state index in [4.69, 9.17) is 4.42 Å². The van der Waals surface area contributed by atoms with E-state index >= 15 is 0 Å². The fourth-order valence-corrected chi connectivity index (χ4v) is 9.73. The van der Waals surface area contributed by atoms with Crippen LogP contribution in [0.2, 0.25) is 0 Å². The third kappa shape index (κ3) is 6.20. The fraction of sp³-hybridized carbons (Fsp3) is 0. The summed E-state index contributed by atoms with van der Waals surface area (Å²) in [5.41, 5.74) is 11.3. The number of aromatic nitrogens is 1. The van der Waals surface area contributed by atoms with Crippen molar-refractivity contribution in [2.24, 2.45) is 0 Å². The van der Waals surface area contributed by atoms with Gasteiger partial charge in [0.25, 0.3) is 0 Å². The Bertz CT molecular complexity index is 4190. The highest BCUT2D eigenvalue weighted by molar-refractivity contribution is 6.19. The van der Waals surface area contributed by atoms with E-state index < -0.39 is 0 Å². The van der Waals surface area contributed by atoms with E-state index in [0.717, 1.165) is 76.9 Å². The van der Waals surface area contributed by atoms with Crippen molar-refractivity contribution in [1.82, 2.24) is 4.57 Å². The molecule has 0 atom stereocenters. The van der Waals surface area contributed by atoms with Gasteiger partial charge >= 0.3 is 0 Å². The Hall–Kier alpha value is -8.66. The topological polar surface area (TPSA) is 21.3 Å². The molecule has 0 spiro atoms. The lowest BCUT2D eigenvalue weighted by Gasteiger charge is -2.27. The molecule has 0 bridgehead atoms. The summed E-state index contributed by atoms with van der Waals surface area (Å²) in [5.74, 6) is 0. The van der Waals surface area contributed by atoms with Gasteiger partial charge in [-0.2, -0.15) is 0 Å². The molecule has 2 heterocycles. The lowest BCUT2D eigenvalue weighted by molar-refractivity contribution is 0.672. The number of anilines is 3. The van der Waals surface area contributed by atoms with Crippen LogP contribution in [-0.2, 0) is 0 Å². The maximum absolute atomic E-state index is 10.2. The zero-order valence-corrected chi connectivity index (χ0v) is 35.1. The lowest BCUT2D eigenvalue weighted by Crippen LogP contribution is -2.10. The molecule has 0 radical (unpaired) electrons. The first kappa shape index (κ1) is 33.0. The van der Waals surface area contributed by atoms with Gasteiger partial charge in [0.2, 0.25) is 0 Å². The Balaban J connectivity index is 1.01. The molecule has 0 N–H and O–H groups in total. The Morgan fingerprint density at radius 1 is 0.400 bits per heavy atom. The van der Waals surface area contributed by atoms with Crippen LogP contribution in [-0.4, -0.2) is 4.57 Å². The highest BCUT2D eigenvalue weighted by Crippen LogP contribution is 2.46. The minimum Gasteiger partial charge on any atom is -0.455 e. The predicted molar refractivity (Wildman–Crippen MR) is 274 cm³/mol. The van der Waals surface area contributed by atoms with Crippen LogP contribution in [0.15, 0.2) is 247 Å². The zero-order valence-electron chi connectivity index (χ0n) is 39.1. The van der Waals surface area contributed by atoms with E-state index in [0.29, 0.717) is 22.5 Å². The van der Waals surface area contributed by atoms with Crippen LogP contribution in [0.3, 0.4) is 0 Å². The summed E-state index contributed by atoms with van der Waals surface area (Å²) in [5, 5.41) is 8.16. The number of rotatable bonds is 7. The molecule has 2 aromatic heterocycles. The third-order valence-electron chi connectivity index (χ3n) is 12.8. The fourth-order valence-electron chi connectivity index (χ4n) is 9.73. The summed E-state index contributed by atoms with van der Waals surface area (Å²) in [4.78, 5) is 1.92. The van der Waals surface area contributed by atoms with Crippen LogP contribution in [0.25, 0.3) is 104 Å². The van der Waals surface area contributed by atoms with Gasteiger partial charge in [-0.1, -0.05) is 158 Å². The van der Waals surface area contributed by atoms with Gasteiger partial charge in [-0.15, -0.1) is 0 Å². The highest BCUT2D eigenvalue weighted by atomic mass is 16.3. The van der Waals surface area contributed by atoms with Crippen molar-refractivity contribution in [3.8, 4) is 39.1 Å². The second-order valence-electron chi connectivity index (χ2n) is 16.6. The van der Waals surface area contributed by atoms with Gasteiger partial charge in [0.1, 0.15) is 11.2 Å². The first-order chi connectivity index (χ1) is 33.9. The van der Waals surface area contributed by atoms with Crippen molar-refractivity contribution in [2.45, 2.75) is 0 Å². The Kier molecular flexibility index (Phi) is 7.61. The molecular weight excluding hydrogens is 789 g/mol. The summed E-state index contributed by atoms with van der Waals surface area (Å²) in [6, 6.07) is 73.8. The zero-order chi connectivity index (χ0) is 46.3. The molecule has 65 heavy (non-hydrogen) atoms. The second kappa shape index (κ2) is 15.0. The normalized spacial score (nSPS) is 12.6. The summed E-state index contributed by atoms with van der Waals surface area (Å²) < 4.78 is 47.7. The Morgan fingerprint density at radius 2 is 1.06 bits per heavy atom. The maximum Gasteiger partial charge on any atom is 0.143 e. The van der Waals surface area contributed by atoms with Crippen molar-refractivity contribution >= 4 is 82.4 Å². The van der Waals surface area contributed by atoms with E-state index in [9.17, 15) is 5.48 Å². The van der Waals surface area contributed by atoms with Gasteiger partial charge in [-0.3, -0.25) is 0 Å². The molecule has 0 amide bonds. The van der Waals surface area contributed by atoms with Gasteiger partial charge in [0.15, 0.2) is 0 Å². The second-order valence-corrected chi connectivity index (χ2v) is 16.6. The molecule has 3 heteroatoms. The molecule has 13 rings (SSSR count). The van der Waals surface area contributed by atoms with Crippen molar-refractivity contribution < 1.29 is 9.90 Å². The molecule has 0 aliphatic carbocycles. The predicted octanol–water partition coefficient (Wildman–Crippen LogP) is 17.5. The summed E-state index contributed by atoms with van der Waals surface area (Å²) >= 11 is 0. The minimum absolute atomic E-state index is 0.0189. The Labute approximate surface area is 381 Å². The number of fused-ring (bicyclic) bond motifs is 9. The lowest BCUT2D eigenvalue weighted by atomic mass is 9.97. The molecule has 3 nitrogen and oxygen atoms in total. The first-order valence-corrected chi connectivity index (χ1v) is 21.9. The highest BCUT2D eigenvalue weighted by Gasteiger charge is 2.21. The SMILES string of the molecule is [2H]c1c([2H])c(-c2ccc3c(c2)c2ccccc2n3-c2ccccc2)c([2H])c(N(c2ccc(-c3cccc(-c4ccc5ccccc5c4)c3)cc2)c2cccc3oc4c5ccccc5ccc4c23)c1[2H]. The van der Waals surface area contributed by atoms with E-state index in [-0.39, 0.29) is 35.4 Å². The number of hydrogen-bond acceptors (Lipinski definition) is 2. The van der Waals surface area contributed by atoms with Gasteiger partial charge < -0.3 is 13.9 Å². The number of nitrogens with zero attached hydrogens (tertiary/aromatic N) is 2. The molecule has 0 unspecified atom stereocenters. The van der Waals surface area contributed by atoms with Crippen molar-refractivity contribution in [3.05, 3.63) is 243 Å². The van der Waals surface area contributed by atoms with E-state index in [1.807, 2.05) is 95.9 Å². The standard InChI is InChI=1S/C62H40N2O/c1-2-19-50(20-3-1)64-57-24-9-8-23-54(57)56-40-49(32-36-58(56)64)47-18-11-21-52(39-47)63(59-25-12-26-60-61(59)55-35-31-43-14-6-7-22-53(43)62(55)65-60)51-33-29-42(30-34-51)45-16-10-17-46(37-45)48-28-27-41-13-4-5-15-44(41)38-48/h1-40H/i11D,18D,21D,39D. The van der Waals surface area contributed by atoms with Gasteiger partial charge in [-0.25, -0.2) is 0 Å². The van der Waals surface area contributed by atoms with Crippen LogP contribution in [0.5, 0.6) is 0 Å². The molecular formula is C62H40N2O. The van der Waals surface area contributed by atoms with Crippen LogP contribution >= 0.6 is 0 Å². The summed E-state index contributed by atoms with van der Waals surface area (Å²) in [6.07, 6.45) is 0. The van der Waals surface area contributed by atoms with Crippen LogP contribution in [0.1, 0.15) is 5.48 Å². The molecule has 0 aliphatic heterocycles. The third-order valence-corrected chi connectivity index (χ3v) is 12.8. The number of benzene rings is 11. The molecule has 0 aliphatic rings. The van der Waals surface area contributed by atoms with E-state index in [1.54, 1.807) is 0 Å². The molecule has 13 aromatic rings. The maximum atomic E-state index is 10.2. The summed E-state index contributed by atoms with van der Waals surface area (Å²) in [6.45, 7) is 0. The van der Waals surface area contributed by atoms with Crippen LogP contribution in [0.4, 0.5) is 17.1 Å². The molecule has 0 fully saturated rings. The first-order valence-electron chi connectivity index (χ1n) is 23.9. The summed E-state index contributed by atoms with van der Waals surface area (Å²) in [7, 11) is 0. The van der Waals surface area contributed by atoms with Crippen LogP contribution < -0.4 is 4.90 Å². The molecule has 11 aromatic carbocycles. The average molecular weight is 833 g/mol. The number of furan rings is 1. The monoisotopic (exact) mass is 832 g/mol. The molecule has 0 saturated heterocycles. The molecule has 0 saturated carbocycles. The van der Waals surface area contributed by atoms with Crippen LogP contribution in [0, 0.1) is 0 Å². The number of para-hydroxylation sites is 2. The smallest absolute Gasteiger partial charge is 0.143 e. The quantitative estimate of drug-likeness (QED) is 0.160. The number of hydrogen-bond donors (Lipinski definition) is 0. The molecule has 304 valence electrons. The van der Waals surface area contributed by atoms with Crippen molar-refractivity contribution in [1.29, 1.82) is 0 Å². The van der Waals surface area contributed by atoms with Crippen molar-refractivity contribution in [2.75, 3.05) is 4.90 Å². The largest absolute Gasteiger partial charge is 0.455 e. The van der Waals surface area contributed by atoms with Gasteiger partial charge in [0, 0.05) is 38.6 Å². The minimum atomic E-state index is -0.259. The van der Waals surface area contributed by atoms with Gasteiger partial charge in [-0.05, 0) is 134 Å². The van der Waals surface area contributed by atoms with Gasteiger partial charge in [0.05, 0.1) is 27.6 Å². The van der Waals surface area contributed by atoms with E-state index in [2.05, 4.69) is 132 Å². The van der Waals surface area contributed by atoms with E-state index in [1.165, 1.54) is 10.8 Å². The Morgan fingerprint density at radius 3 is 1.94 bits per heavy atom.